The molecule has 1 aliphatic heterocycles. The number of hydrogen-bond donors (Lipinski definition) is 2. The van der Waals surface area contributed by atoms with Crippen molar-refractivity contribution in [1.82, 2.24) is 15.1 Å². The normalized spacial score (nSPS) is 23.1. The number of halogens is 1. The van der Waals surface area contributed by atoms with E-state index in [0.29, 0.717) is 44.6 Å². The Labute approximate surface area is 233 Å². The molecule has 0 spiro atoms. The summed E-state index contributed by atoms with van der Waals surface area (Å²) in [6.45, 7) is 1.95. The van der Waals surface area contributed by atoms with Crippen molar-refractivity contribution in [1.29, 1.82) is 0 Å². The van der Waals surface area contributed by atoms with Crippen LogP contribution in [0.4, 0.5) is 10.1 Å². The standard InChI is InChI=1S/C29H38FN5O5/c1-40-17-16-33(19-20-2-12-25(13-3-20)35(38)39)26-14-15-34(29(37)21-4-6-22(30)7-5-21)27(18-26)28(36)32-24-10-8-23(31)9-11-24/h2-7,12-13,23-24,26-27H,8-11,14-19,31H2,1H3,(H,32,36)/t23?,24?,26?,27-/m1/s1. The molecular formula is C29H38FN5O5. The summed E-state index contributed by atoms with van der Waals surface area (Å²) >= 11 is 0. The average Bonchev–Trinajstić information content (AvgIpc) is 2.96. The number of rotatable bonds is 10. The van der Waals surface area contributed by atoms with Gasteiger partial charge in [0.25, 0.3) is 11.6 Å². The van der Waals surface area contributed by atoms with Crippen LogP contribution >= 0.6 is 0 Å². The van der Waals surface area contributed by atoms with Gasteiger partial charge in [0.1, 0.15) is 11.9 Å². The van der Waals surface area contributed by atoms with Crippen molar-refractivity contribution >= 4 is 17.5 Å². The number of nitrogens with two attached hydrogens (primary N) is 1. The lowest BCUT2D eigenvalue weighted by molar-refractivity contribution is -0.384. The van der Waals surface area contributed by atoms with Crippen LogP contribution in [0.2, 0.25) is 0 Å². The Balaban J connectivity index is 1.54. The Kier molecular flexibility index (Phi) is 10.2. The maximum Gasteiger partial charge on any atom is 0.269 e. The predicted molar refractivity (Wildman–Crippen MR) is 148 cm³/mol. The first-order chi connectivity index (χ1) is 19.2. The average molecular weight is 556 g/mol. The second kappa shape index (κ2) is 13.8. The predicted octanol–water partition coefficient (Wildman–Crippen LogP) is 3.24. The zero-order valence-corrected chi connectivity index (χ0v) is 22.8. The summed E-state index contributed by atoms with van der Waals surface area (Å²) in [5, 5.41) is 14.2. The summed E-state index contributed by atoms with van der Waals surface area (Å²) in [7, 11) is 1.63. The second-order valence-electron chi connectivity index (χ2n) is 10.7. The lowest BCUT2D eigenvalue weighted by atomic mass is 9.90. The minimum Gasteiger partial charge on any atom is -0.383 e. The van der Waals surface area contributed by atoms with Gasteiger partial charge in [-0.2, -0.15) is 0 Å². The SMILES string of the molecule is COCCN(Cc1ccc([N+](=O)[O-])cc1)C1CCN(C(=O)c2ccc(F)cc2)[C@@H](C(=O)NC2CCC(N)CC2)C1. The number of likely N-dealkylation sites (tertiary alicyclic amines) is 1. The van der Waals surface area contributed by atoms with Crippen LogP contribution in [0.25, 0.3) is 0 Å². The van der Waals surface area contributed by atoms with E-state index in [1.807, 2.05) is 0 Å². The zero-order chi connectivity index (χ0) is 28.6. The number of ether oxygens (including phenoxy) is 1. The van der Waals surface area contributed by atoms with Gasteiger partial charge < -0.3 is 20.7 Å². The van der Waals surface area contributed by atoms with Gasteiger partial charge in [0.2, 0.25) is 5.91 Å². The van der Waals surface area contributed by atoms with Crippen LogP contribution in [0.3, 0.4) is 0 Å². The van der Waals surface area contributed by atoms with Crippen molar-refractivity contribution in [3.8, 4) is 0 Å². The maximum absolute atomic E-state index is 13.7. The highest BCUT2D eigenvalue weighted by atomic mass is 19.1. The molecule has 1 aliphatic carbocycles. The van der Waals surface area contributed by atoms with Gasteiger partial charge in [-0.15, -0.1) is 0 Å². The third-order valence-corrected chi connectivity index (χ3v) is 7.98. The molecule has 1 unspecified atom stereocenters. The van der Waals surface area contributed by atoms with Gasteiger partial charge in [-0.1, -0.05) is 12.1 Å². The van der Waals surface area contributed by atoms with Crippen LogP contribution < -0.4 is 11.1 Å². The number of nitrogens with one attached hydrogen (secondary N) is 1. The summed E-state index contributed by atoms with van der Waals surface area (Å²) in [6, 6.07) is 11.3. The van der Waals surface area contributed by atoms with Crippen molar-refractivity contribution in [3.05, 3.63) is 75.6 Å². The number of hydrogen-bond acceptors (Lipinski definition) is 7. The van der Waals surface area contributed by atoms with Crippen LogP contribution in [-0.2, 0) is 16.1 Å². The van der Waals surface area contributed by atoms with Gasteiger partial charge in [0, 0.05) is 62.6 Å². The van der Waals surface area contributed by atoms with Crippen molar-refractivity contribution in [2.24, 2.45) is 5.73 Å². The van der Waals surface area contributed by atoms with E-state index in [1.54, 1.807) is 24.1 Å². The number of nitrogens with zero attached hydrogens (tertiary/aromatic N) is 3. The third kappa shape index (κ3) is 7.61. The fraction of sp³-hybridized carbons (Fsp3) is 0.517. The Hall–Kier alpha value is -3.41. The zero-order valence-electron chi connectivity index (χ0n) is 22.8. The van der Waals surface area contributed by atoms with Crippen LogP contribution in [-0.4, -0.2) is 77.5 Å². The molecular weight excluding hydrogens is 517 g/mol. The first-order valence-corrected chi connectivity index (χ1v) is 13.8. The number of nitro benzene ring substituents is 1. The van der Waals surface area contributed by atoms with Gasteiger partial charge in [-0.3, -0.25) is 24.6 Å². The molecule has 2 amide bonds. The molecule has 10 nitrogen and oxygen atoms in total. The first-order valence-electron chi connectivity index (χ1n) is 13.8. The van der Waals surface area contributed by atoms with Crippen molar-refractivity contribution in [3.63, 3.8) is 0 Å². The molecule has 2 aromatic rings. The summed E-state index contributed by atoms with van der Waals surface area (Å²) in [6.07, 6.45) is 4.34. The number of benzene rings is 2. The molecule has 11 heteroatoms. The largest absolute Gasteiger partial charge is 0.383 e. The summed E-state index contributed by atoms with van der Waals surface area (Å²) in [5.41, 5.74) is 7.32. The summed E-state index contributed by atoms with van der Waals surface area (Å²) in [4.78, 5) is 41.7. The highest BCUT2D eigenvalue weighted by Crippen LogP contribution is 2.27. The lowest BCUT2D eigenvalue weighted by Crippen LogP contribution is -2.58. The lowest BCUT2D eigenvalue weighted by Gasteiger charge is -2.43. The van der Waals surface area contributed by atoms with Gasteiger partial charge >= 0.3 is 0 Å². The quantitative estimate of drug-likeness (QED) is 0.340. The van der Waals surface area contributed by atoms with Gasteiger partial charge in [-0.25, -0.2) is 4.39 Å². The maximum atomic E-state index is 13.7. The Morgan fingerprint density at radius 3 is 2.40 bits per heavy atom. The second-order valence-corrected chi connectivity index (χ2v) is 10.7. The van der Waals surface area contributed by atoms with E-state index < -0.39 is 16.8 Å². The van der Waals surface area contributed by atoms with E-state index >= 15 is 0 Å². The molecule has 2 aliphatic rings. The van der Waals surface area contributed by atoms with E-state index in [1.165, 1.54) is 36.4 Å². The Morgan fingerprint density at radius 1 is 1.10 bits per heavy atom. The number of nitro groups is 1. The first kappa shape index (κ1) is 29.6. The molecule has 216 valence electrons. The van der Waals surface area contributed by atoms with Crippen LogP contribution in [0.5, 0.6) is 0 Å². The van der Waals surface area contributed by atoms with Crippen molar-refractivity contribution in [2.75, 3.05) is 26.8 Å². The van der Waals surface area contributed by atoms with Crippen LogP contribution in [0, 0.1) is 15.9 Å². The molecule has 3 N–H and O–H groups in total. The third-order valence-electron chi connectivity index (χ3n) is 7.98. The van der Waals surface area contributed by atoms with E-state index in [0.717, 1.165) is 31.2 Å². The summed E-state index contributed by atoms with van der Waals surface area (Å²) in [5.74, 6) is -0.925. The molecule has 1 saturated carbocycles. The molecule has 1 saturated heterocycles. The van der Waals surface area contributed by atoms with E-state index in [9.17, 15) is 24.1 Å². The van der Waals surface area contributed by atoms with Crippen LogP contribution in [0.15, 0.2) is 48.5 Å². The molecule has 0 bridgehead atoms. The molecule has 2 aromatic carbocycles. The molecule has 0 radical (unpaired) electrons. The molecule has 2 fully saturated rings. The smallest absolute Gasteiger partial charge is 0.269 e. The summed E-state index contributed by atoms with van der Waals surface area (Å²) < 4.78 is 18.9. The highest BCUT2D eigenvalue weighted by Gasteiger charge is 2.39. The molecule has 40 heavy (non-hydrogen) atoms. The number of carbonyl (C=O) groups excluding carboxylic acids is 2. The minimum atomic E-state index is -0.700. The monoisotopic (exact) mass is 555 g/mol. The minimum absolute atomic E-state index is 0.0140. The number of non-ortho nitro benzene ring substituents is 1. The molecule has 1 heterocycles. The van der Waals surface area contributed by atoms with Crippen LogP contribution in [0.1, 0.15) is 54.4 Å². The fourth-order valence-electron chi connectivity index (χ4n) is 5.65. The fourth-order valence-corrected chi connectivity index (χ4v) is 5.65. The van der Waals surface area contributed by atoms with Gasteiger partial charge in [0.05, 0.1) is 11.5 Å². The number of carbonyl (C=O) groups is 2. The van der Waals surface area contributed by atoms with E-state index in [2.05, 4.69) is 10.2 Å². The van der Waals surface area contributed by atoms with Gasteiger partial charge in [0.15, 0.2) is 0 Å². The molecule has 0 aromatic heterocycles. The highest BCUT2D eigenvalue weighted by molar-refractivity contribution is 5.97. The number of amides is 2. The van der Waals surface area contributed by atoms with E-state index in [-0.39, 0.29) is 35.6 Å². The van der Waals surface area contributed by atoms with E-state index in [4.69, 9.17) is 10.5 Å². The Morgan fingerprint density at radius 2 is 1.77 bits per heavy atom. The van der Waals surface area contributed by atoms with Crippen molar-refractivity contribution < 1.29 is 23.6 Å². The molecule has 4 rings (SSSR count). The molecule has 2 atom stereocenters. The van der Waals surface area contributed by atoms with Crippen molar-refractivity contribution in [2.45, 2.75) is 69.2 Å². The number of methoxy groups -OCH3 is 1. The topological polar surface area (TPSA) is 131 Å². The number of piperidine rings is 1. The Bertz CT molecular complexity index is 1150. The van der Waals surface area contributed by atoms with Gasteiger partial charge in [-0.05, 0) is 68.4 Å².